The SMILES string of the molecule is COc1cccc(NC(=S)N(Cc2ccccc2)Cc2ccc(OC)c(OC)c2OC)c1. The van der Waals surface area contributed by atoms with Gasteiger partial charge in [-0.05, 0) is 42.0 Å². The molecule has 0 saturated carbocycles. The Morgan fingerprint density at radius 2 is 1.53 bits per heavy atom. The van der Waals surface area contributed by atoms with E-state index in [-0.39, 0.29) is 0 Å². The summed E-state index contributed by atoms with van der Waals surface area (Å²) in [6, 6.07) is 21.7. The van der Waals surface area contributed by atoms with E-state index in [2.05, 4.69) is 22.3 Å². The third-order valence-corrected chi connectivity index (χ3v) is 5.33. The molecule has 1 N–H and O–H groups in total. The minimum Gasteiger partial charge on any atom is -0.497 e. The van der Waals surface area contributed by atoms with Crippen LogP contribution >= 0.6 is 12.2 Å². The van der Waals surface area contributed by atoms with E-state index in [0.29, 0.717) is 35.5 Å². The van der Waals surface area contributed by atoms with Crippen LogP contribution in [-0.2, 0) is 13.1 Å². The van der Waals surface area contributed by atoms with Crippen molar-refractivity contribution in [3.8, 4) is 23.0 Å². The summed E-state index contributed by atoms with van der Waals surface area (Å²) in [7, 11) is 6.46. The second kappa shape index (κ2) is 11.2. The van der Waals surface area contributed by atoms with Crippen LogP contribution < -0.4 is 24.3 Å². The lowest BCUT2D eigenvalue weighted by Crippen LogP contribution is -2.34. The molecule has 3 aromatic rings. The fraction of sp³-hybridized carbons (Fsp3) is 0.240. The average molecular weight is 453 g/mol. The molecule has 0 aliphatic carbocycles. The number of nitrogens with one attached hydrogen (secondary N) is 1. The Balaban J connectivity index is 1.92. The third kappa shape index (κ3) is 5.62. The van der Waals surface area contributed by atoms with Gasteiger partial charge >= 0.3 is 0 Å². The van der Waals surface area contributed by atoms with Gasteiger partial charge in [-0.3, -0.25) is 0 Å². The van der Waals surface area contributed by atoms with E-state index in [1.807, 2.05) is 54.6 Å². The molecule has 0 spiro atoms. The molecule has 32 heavy (non-hydrogen) atoms. The van der Waals surface area contributed by atoms with Gasteiger partial charge in [0.2, 0.25) is 5.75 Å². The van der Waals surface area contributed by atoms with E-state index in [1.165, 1.54) is 0 Å². The van der Waals surface area contributed by atoms with Gasteiger partial charge in [0.15, 0.2) is 16.6 Å². The van der Waals surface area contributed by atoms with Gasteiger partial charge in [-0.2, -0.15) is 0 Å². The fourth-order valence-electron chi connectivity index (χ4n) is 3.40. The van der Waals surface area contributed by atoms with E-state index in [0.717, 1.165) is 22.6 Å². The molecule has 7 heteroatoms. The molecule has 168 valence electrons. The topological polar surface area (TPSA) is 52.2 Å². The maximum Gasteiger partial charge on any atom is 0.203 e. The van der Waals surface area contributed by atoms with Crippen molar-refractivity contribution >= 4 is 23.0 Å². The van der Waals surface area contributed by atoms with E-state index in [1.54, 1.807) is 28.4 Å². The molecule has 0 aromatic heterocycles. The molecule has 0 bridgehead atoms. The summed E-state index contributed by atoms with van der Waals surface area (Å²) in [6.45, 7) is 1.13. The van der Waals surface area contributed by atoms with Crippen LogP contribution in [0.5, 0.6) is 23.0 Å². The van der Waals surface area contributed by atoms with Crippen molar-refractivity contribution in [2.45, 2.75) is 13.1 Å². The van der Waals surface area contributed by atoms with Crippen LogP contribution in [0, 0.1) is 0 Å². The van der Waals surface area contributed by atoms with Gasteiger partial charge in [-0.15, -0.1) is 0 Å². The second-order valence-corrected chi connectivity index (χ2v) is 7.38. The molecule has 0 amide bonds. The number of hydrogen-bond acceptors (Lipinski definition) is 5. The molecule has 3 aromatic carbocycles. The predicted octanol–water partition coefficient (Wildman–Crippen LogP) is 5.12. The highest BCUT2D eigenvalue weighted by Crippen LogP contribution is 2.40. The van der Waals surface area contributed by atoms with Crippen LogP contribution in [0.2, 0.25) is 0 Å². The number of thiocarbonyl (C=S) groups is 1. The number of nitrogens with zero attached hydrogens (tertiary/aromatic N) is 1. The number of anilines is 1. The van der Waals surface area contributed by atoms with E-state index < -0.39 is 0 Å². The fourth-order valence-corrected chi connectivity index (χ4v) is 3.65. The number of methoxy groups -OCH3 is 4. The first-order valence-electron chi connectivity index (χ1n) is 10.1. The summed E-state index contributed by atoms with van der Waals surface area (Å²) >= 11 is 5.80. The molecule has 0 heterocycles. The first-order valence-corrected chi connectivity index (χ1v) is 10.5. The summed E-state index contributed by atoms with van der Waals surface area (Å²) in [5.41, 5.74) is 2.92. The Hall–Kier alpha value is -3.45. The van der Waals surface area contributed by atoms with E-state index in [4.69, 9.17) is 31.2 Å². The Morgan fingerprint density at radius 1 is 0.781 bits per heavy atom. The monoisotopic (exact) mass is 452 g/mol. The maximum atomic E-state index is 5.80. The quantitative estimate of drug-likeness (QED) is 0.452. The van der Waals surface area contributed by atoms with Crippen molar-refractivity contribution in [1.82, 2.24) is 4.90 Å². The van der Waals surface area contributed by atoms with Crippen molar-refractivity contribution in [3.63, 3.8) is 0 Å². The lowest BCUT2D eigenvalue weighted by atomic mass is 10.1. The molecule has 0 saturated heterocycles. The minimum atomic E-state index is 0.508. The Kier molecular flexibility index (Phi) is 8.16. The molecule has 0 aliphatic rings. The summed E-state index contributed by atoms with van der Waals surface area (Å²) in [5.74, 6) is 2.54. The summed E-state index contributed by atoms with van der Waals surface area (Å²) < 4.78 is 22.0. The van der Waals surface area contributed by atoms with Crippen molar-refractivity contribution in [2.24, 2.45) is 0 Å². The highest BCUT2D eigenvalue weighted by molar-refractivity contribution is 7.80. The van der Waals surface area contributed by atoms with Crippen molar-refractivity contribution in [3.05, 3.63) is 77.9 Å². The van der Waals surface area contributed by atoms with E-state index >= 15 is 0 Å². The van der Waals surface area contributed by atoms with Crippen LogP contribution in [0.1, 0.15) is 11.1 Å². The van der Waals surface area contributed by atoms with Gasteiger partial charge in [0, 0.05) is 30.4 Å². The average Bonchev–Trinajstić information content (AvgIpc) is 2.83. The second-order valence-electron chi connectivity index (χ2n) is 7.00. The number of rotatable bonds is 9. The molecule has 0 fully saturated rings. The normalized spacial score (nSPS) is 10.2. The Morgan fingerprint density at radius 3 is 2.19 bits per heavy atom. The van der Waals surface area contributed by atoms with Gasteiger partial charge in [-0.25, -0.2) is 0 Å². The zero-order chi connectivity index (χ0) is 22.9. The number of benzene rings is 3. The standard InChI is InChI=1S/C25H28N2O4S/c1-28-21-12-8-11-20(15-21)26-25(32)27(16-18-9-6-5-7-10-18)17-19-13-14-22(29-2)24(31-4)23(19)30-3/h5-15H,16-17H2,1-4H3,(H,26,32). The predicted molar refractivity (Wildman–Crippen MR) is 131 cm³/mol. The smallest absolute Gasteiger partial charge is 0.203 e. The maximum absolute atomic E-state index is 5.80. The number of ether oxygens (including phenoxy) is 4. The van der Waals surface area contributed by atoms with Crippen LogP contribution in [-0.4, -0.2) is 38.5 Å². The van der Waals surface area contributed by atoms with Crippen molar-refractivity contribution in [2.75, 3.05) is 33.8 Å². The molecule has 0 radical (unpaired) electrons. The summed E-state index contributed by atoms with van der Waals surface area (Å²) in [6.07, 6.45) is 0. The molecule has 3 rings (SSSR count). The molecule has 6 nitrogen and oxygen atoms in total. The lowest BCUT2D eigenvalue weighted by Gasteiger charge is -2.27. The molecule has 0 unspecified atom stereocenters. The van der Waals surface area contributed by atoms with Crippen molar-refractivity contribution < 1.29 is 18.9 Å². The molecule has 0 aliphatic heterocycles. The van der Waals surface area contributed by atoms with Crippen LogP contribution in [0.4, 0.5) is 5.69 Å². The van der Waals surface area contributed by atoms with Crippen LogP contribution in [0.15, 0.2) is 66.7 Å². The highest BCUT2D eigenvalue weighted by Gasteiger charge is 2.20. The van der Waals surface area contributed by atoms with Crippen LogP contribution in [0.25, 0.3) is 0 Å². The first kappa shape index (κ1) is 23.2. The largest absolute Gasteiger partial charge is 0.497 e. The van der Waals surface area contributed by atoms with Gasteiger partial charge in [0.05, 0.1) is 28.4 Å². The third-order valence-electron chi connectivity index (χ3n) is 4.97. The van der Waals surface area contributed by atoms with Gasteiger partial charge < -0.3 is 29.2 Å². The van der Waals surface area contributed by atoms with Gasteiger partial charge in [0.25, 0.3) is 0 Å². The van der Waals surface area contributed by atoms with Gasteiger partial charge in [0.1, 0.15) is 5.75 Å². The number of hydrogen-bond donors (Lipinski definition) is 1. The Bertz CT molecular complexity index is 1040. The molecular weight excluding hydrogens is 424 g/mol. The first-order chi connectivity index (χ1) is 15.6. The zero-order valence-corrected chi connectivity index (χ0v) is 19.6. The lowest BCUT2D eigenvalue weighted by molar-refractivity contribution is 0.316. The molecular formula is C25H28N2O4S. The minimum absolute atomic E-state index is 0.508. The molecule has 0 atom stereocenters. The summed E-state index contributed by atoms with van der Waals surface area (Å²) in [5, 5.41) is 3.91. The van der Waals surface area contributed by atoms with Crippen molar-refractivity contribution in [1.29, 1.82) is 0 Å². The van der Waals surface area contributed by atoms with E-state index in [9.17, 15) is 0 Å². The van der Waals surface area contributed by atoms with Gasteiger partial charge in [-0.1, -0.05) is 36.4 Å². The highest BCUT2D eigenvalue weighted by atomic mass is 32.1. The Labute approximate surface area is 194 Å². The summed E-state index contributed by atoms with van der Waals surface area (Å²) in [4.78, 5) is 2.08. The van der Waals surface area contributed by atoms with Crippen LogP contribution in [0.3, 0.4) is 0 Å². The zero-order valence-electron chi connectivity index (χ0n) is 18.8.